The lowest BCUT2D eigenvalue weighted by Crippen LogP contribution is -2.45. The predicted octanol–water partition coefficient (Wildman–Crippen LogP) is 6.02. The summed E-state index contributed by atoms with van der Waals surface area (Å²) in [5.41, 5.74) is 3.05. The van der Waals surface area contributed by atoms with E-state index in [0.717, 1.165) is 16.7 Å². The fourth-order valence-corrected chi connectivity index (χ4v) is 4.73. The van der Waals surface area contributed by atoms with Gasteiger partial charge in [-0.25, -0.2) is 0 Å². The largest absolute Gasteiger partial charge is 0.465 e. The van der Waals surface area contributed by atoms with E-state index >= 15 is 0 Å². The molecule has 0 saturated heterocycles. The molecule has 1 aliphatic carbocycles. The molecule has 0 radical (unpaired) electrons. The standard InChI is InChI=1S/C31H34N2O3/c1-22(2)21-36-30(34)28-26(23-13-7-4-8-14-23)19-31(3,35)20-27(28)32-33-29(24-15-9-5-10-16-24)25-17-11-6-12-18-25/h4-18,22,26,28,35H,19-21H2,1-3H3/b32-27-/t26-,28+,31+/m0/s1. The van der Waals surface area contributed by atoms with Gasteiger partial charge in [0.2, 0.25) is 0 Å². The Kier molecular flexibility index (Phi) is 8.11. The summed E-state index contributed by atoms with van der Waals surface area (Å²) in [5.74, 6) is -0.983. The molecule has 5 heteroatoms. The number of aliphatic hydroxyl groups is 1. The third kappa shape index (κ3) is 6.35. The van der Waals surface area contributed by atoms with Crippen LogP contribution in [-0.4, -0.2) is 34.7 Å². The number of hydrogen-bond acceptors (Lipinski definition) is 5. The van der Waals surface area contributed by atoms with E-state index in [2.05, 4.69) is 5.10 Å². The van der Waals surface area contributed by atoms with Crippen molar-refractivity contribution in [2.75, 3.05) is 6.61 Å². The second-order valence-electron chi connectivity index (χ2n) is 10.2. The molecule has 1 aliphatic rings. The minimum atomic E-state index is -1.02. The van der Waals surface area contributed by atoms with Crippen LogP contribution in [-0.2, 0) is 9.53 Å². The SMILES string of the molecule is CC(C)COC(=O)[C@H]1/C(=N\N=C(c2ccccc2)c2ccccc2)C[C@](C)(O)C[C@H]1c1ccccc1. The van der Waals surface area contributed by atoms with Gasteiger partial charge in [0.1, 0.15) is 11.6 Å². The number of esters is 1. The molecule has 0 aromatic heterocycles. The maximum Gasteiger partial charge on any atom is 0.315 e. The summed E-state index contributed by atoms with van der Waals surface area (Å²) in [7, 11) is 0. The zero-order valence-electron chi connectivity index (χ0n) is 21.2. The summed E-state index contributed by atoms with van der Waals surface area (Å²) in [6, 6.07) is 29.6. The fraction of sp³-hybridized carbons (Fsp3) is 0.323. The van der Waals surface area contributed by atoms with Gasteiger partial charge in [-0.3, -0.25) is 4.79 Å². The van der Waals surface area contributed by atoms with Gasteiger partial charge < -0.3 is 9.84 Å². The molecule has 0 spiro atoms. The molecule has 0 aliphatic heterocycles. The van der Waals surface area contributed by atoms with E-state index in [1.807, 2.05) is 105 Å². The number of benzene rings is 3. The van der Waals surface area contributed by atoms with Crippen LogP contribution in [0.25, 0.3) is 0 Å². The van der Waals surface area contributed by atoms with Gasteiger partial charge in [-0.1, -0.05) is 105 Å². The highest BCUT2D eigenvalue weighted by Gasteiger charge is 2.45. The fourth-order valence-electron chi connectivity index (χ4n) is 4.73. The summed E-state index contributed by atoms with van der Waals surface area (Å²) < 4.78 is 5.72. The molecule has 4 rings (SSSR count). The first kappa shape index (κ1) is 25.5. The molecule has 1 N–H and O–H groups in total. The van der Waals surface area contributed by atoms with E-state index in [0.29, 0.717) is 24.5 Å². The van der Waals surface area contributed by atoms with Crippen molar-refractivity contribution in [1.29, 1.82) is 0 Å². The third-order valence-electron chi connectivity index (χ3n) is 6.40. The van der Waals surface area contributed by atoms with E-state index in [1.165, 1.54) is 0 Å². The maximum atomic E-state index is 13.5. The summed E-state index contributed by atoms with van der Waals surface area (Å²) >= 11 is 0. The summed E-state index contributed by atoms with van der Waals surface area (Å²) in [6.45, 7) is 6.16. The van der Waals surface area contributed by atoms with Crippen molar-refractivity contribution < 1.29 is 14.6 Å². The van der Waals surface area contributed by atoms with Gasteiger partial charge in [-0.05, 0) is 24.8 Å². The van der Waals surface area contributed by atoms with Gasteiger partial charge >= 0.3 is 5.97 Å². The number of hydrogen-bond donors (Lipinski definition) is 1. The number of carbonyl (C=O) groups is 1. The lowest BCUT2D eigenvalue weighted by Gasteiger charge is -2.39. The Morgan fingerprint density at radius 1 is 0.944 bits per heavy atom. The average Bonchev–Trinajstić information content (AvgIpc) is 2.88. The molecular formula is C31H34N2O3. The minimum absolute atomic E-state index is 0.219. The van der Waals surface area contributed by atoms with Crippen molar-refractivity contribution in [2.45, 2.75) is 45.1 Å². The quantitative estimate of drug-likeness (QED) is 0.254. The minimum Gasteiger partial charge on any atom is -0.465 e. The number of nitrogens with zero attached hydrogens (tertiary/aromatic N) is 2. The lowest BCUT2D eigenvalue weighted by atomic mass is 9.68. The average molecular weight is 483 g/mol. The maximum absolute atomic E-state index is 13.5. The van der Waals surface area contributed by atoms with Crippen LogP contribution in [0.4, 0.5) is 0 Å². The van der Waals surface area contributed by atoms with E-state index in [1.54, 1.807) is 6.92 Å². The molecule has 0 unspecified atom stereocenters. The van der Waals surface area contributed by atoms with Crippen molar-refractivity contribution >= 4 is 17.4 Å². The van der Waals surface area contributed by atoms with Gasteiger partial charge in [0.15, 0.2) is 0 Å². The molecular weight excluding hydrogens is 448 g/mol. The normalized spacial score (nSPS) is 22.9. The van der Waals surface area contributed by atoms with Gasteiger partial charge in [0.05, 0.1) is 17.9 Å². The van der Waals surface area contributed by atoms with Crippen molar-refractivity contribution in [3.05, 3.63) is 108 Å². The van der Waals surface area contributed by atoms with Crippen molar-refractivity contribution in [2.24, 2.45) is 22.0 Å². The van der Waals surface area contributed by atoms with Crippen LogP contribution in [0.1, 0.15) is 56.2 Å². The molecule has 3 aromatic rings. The van der Waals surface area contributed by atoms with Crippen LogP contribution in [0.15, 0.2) is 101 Å². The molecule has 5 nitrogen and oxygen atoms in total. The highest BCUT2D eigenvalue weighted by Crippen LogP contribution is 2.42. The van der Waals surface area contributed by atoms with Crippen molar-refractivity contribution in [1.82, 2.24) is 0 Å². The molecule has 3 atom stereocenters. The van der Waals surface area contributed by atoms with E-state index in [-0.39, 0.29) is 24.2 Å². The Hall–Kier alpha value is -3.57. The molecule has 3 aromatic carbocycles. The zero-order chi connectivity index (χ0) is 25.5. The Morgan fingerprint density at radius 2 is 1.47 bits per heavy atom. The molecule has 0 heterocycles. The first-order valence-electron chi connectivity index (χ1n) is 12.5. The van der Waals surface area contributed by atoms with Crippen LogP contribution in [0.3, 0.4) is 0 Å². The first-order valence-corrected chi connectivity index (χ1v) is 12.5. The van der Waals surface area contributed by atoms with Crippen LogP contribution in [0, 0.1) is 11.8 Å². The number of carbonyl (C=O) groups excluding carboxylic acids is 1. The second-order valence-corrected chi connectivity index (χ2v) is 10.2. The smallest absolute Gasteiger partial charge is 0.315 e. The monoisotopic (exact) mass is 482 g/mol. The van der Waals surface area contributed by atoms with Gasteiger partial charge in [0, 0.05) is 23.5 Å². The summed E-state index contributed by atoms with van der Waals surface area (Å²) in [6.07, 6.45) is 0.684. The first-order chi connectivity index (χ1) is 17.3. The van der Waals surface area contributed by atoms with Gasteiger partial charge in [0.25, 0.3) is 0 Å². The number of ether oxygens (including phenoxy) is 1. The van der Waals surface area contributed by atoms with Gasteiger partial charge in [-0.2, -0.15) is 5.10 Å². The molecule has 186 valence electrons. The van der Waals surface area contributed by atoms with Crippen LogP contribution >= 0.6 is 0 Å². The Bertz CT molecular complexity index is 1160. The predicted molar refractivity (Wildman–Crippen MR) is 144 cm³/mol. The second kappa shape index (κ2) is 11.4. The Balaban J connectivity index is 1.81. The molecule has 1 fully saturated rings. The Labute approximate surface area is 213 Å². The van der Waals surface area contributed by atoms with Gasteiger partial charge in [-0.15, -0.1) is 5.10 Å². The van der Waals surface area contributed by atoms with Crippen LogP contribution in [0.5, 0.6) is 0 Å². The molecule has 1 saturated carbocycles. The lowest BCUT2D eigenvalue weighted by molar-refractivity contribution is -0.149. The van der Waals surface area contributed by atoms with Crippen LogP contribution in [0.2, 0.25) is 0 Å². The molecule has 36 heavy (non-hydrogen) atoms. The zero-order valence-corrected chi connectivity index (χ0v) is 21.2. The van der Waals surface area contributed by atoms with E-state index in [4.69, 9.17) is 9.84 Å². The molecule has 0 amide bonds. The Morgan fingerprint density at radius 3 is 2.00 bits per heavy atom. The van der Waals surface area contributed by atoms with Crippen molar-refractivity contribution in [3.8, 4) is 0 Å². The highest BCUT2D eigenvalue weighted by molar-refractivity contribution is 6.13. The van der Waals surface area contributed by atoms with E-state index in [9.17, 15) is 9.90 Å². The summed E-state index contributed by atoms with van der Waals surface area (Å²) in [5, 5.41) is 20.6. The topological polar surface area (TPSA) is 71.2 Å². The summed E-state index contributed by atoms with van der Waals surface area (Å²) in [4.78, 5) is 13.5. The van der Waals surface area contributed by atoms with E-state index < -0.39 is 11.5 Å². The van der Waals surface area contributed by atoms with Crippen molar-refractivity contribution in [3.63, 3.8) is 0 Å². The van der Waals surface area contributed by atoms with Crippen LogP contribution < -0.4 is 0 Å². The number of rotatable bonds is 7. The molecule has 0 bridgehead atoms. The third-order valence-corrected chi connectivity index (χ3v) is 6.40. The highest BCUT2D eigenvalue weighted by atomic mass is 16.5.